The van der Waals surface area contributed by atoms with Gasteiger partial charge in [-0.2, -0.15) is 0 Å². The molecule has 5 heteroatoms. The number of aromatic nitrogens is 3. The second-order valence-electron chi connectivity index (χ2n) is 7.63. The minimum atomic E-state index is -0.0240. The van der Waals surface area contributed by atoms with Crippen LogP contribution in [0.5, 0.6) is 5.88 Å². The molecule has 5 nitrogen and oxygen atoms in total. The maximum absolute atomic E-state index is 6.36. The van der Waals surface area contributed by atoms with Crippen LogP contribution < -0.4 is 4.74 Å². The van der Waals surface area contributed by atoms with Gasteiger partial charge in [0.15, 0.2) is 0 Å². The van der Waals surface area contributed by atoms with E-state index in [0.717, 1.165) is 54.7 Å². The van der Waals surface area contributed by atoms with Crippen LogP contribution in [0.3, 0.4) is 0 Å². The Hall–Kier alpha value is -2.01. The average Bonchev–Trinajstić information content (AvgIpc) is 2.63. The summed E-state index contributed by atoms with van der Waals surface area (Å²) >= 11 is 0. The Morgan fingerprint density at radius 2 is 2.12 bits per heavy atom. The monoisotopic (exact) mass is 352 g/mol. The van der Waals surface area contributed by atoms with E-state index < -0.39 is 0 Å². The number of pyridine rings is 1. The van der Waals surface area contributed by atoms with Crippen molar-refractivity contribution in [1.82, 2.24) is 19.9 Å². The molecule has 2 aromatic heterocycles. The van der Waals surface area contributed by atoms with Crippen molar-refractivity contribution in [2.45, 2.75) is 58.6 Å². The number of ether oxygens (including phenoxy) is 1. The second kappa shape index (κ2) is 7.70. The van der Waals surface area contributed by atoms with Crippen molar-refractivity contribution in [3.05, 3.63) is 47.2 Å². The van der Waals surface area contributed by atoms with Gasteiger partial charge in [0, 0.05) is 49.1 Å². The molecule has 1 fully saturated rings. The molecule has 0 amide bonds. The van der Waals surface area contributed by atoms with E-state index in [9.17, 15) is 0 Å². The SMILES string of the molecule is CCC(Oc1ncnc2c1CN(CC1CCC1)CC2)c1ccc(C)nc1. The first-order valence-corrected chi connectivity index (χ1v) is 9.87. The van der Waals surface area contributed by atoms with Crippen molar-refractivity contribution in [2.75, 3.05) is 13.1 Å². The van der Waals surface area contributed by atoms with Gasteiger partial charge in [-0.05, 0) is 38.2 Å². The minimum Gasteiger partial charge on any atom is -0.469 e. The second-order valence-corrected chi connectivity index (χ2v) is 7.63. The molecule has 0 N–H and O–H groups in total. The van der Waals surface area contributed by atoms with Gasteiger partial charge in [-0.15, -0.1) is 0 Å². The van der Waals surface area contributed by atoms with Crippen molar-refractivity contribution in [1.29, 1.82) is 0 Å². The summed E-state index contributed by atoms with van der Waals surface area (Å²) in [5.74, 6) is 1.63. The fourth-order valence-electron chi connectivity index (χ4n) is 3.86. The van der Waals surface area contributed by atoms with E-state index >= 15 is 0 Å². The Kier molecular flexibility index (Phi) is 5.16. The summed E-state index contributed by atoms with van der Waals surface area (Å²) in [5, 5.41) is 0. The van der Waals surface area contributed by atoms with Gasteiger partial charge in [-0.3, -0.25) is 9.88 Å². The molecule has 1 aliphatic carbocycles. The lowest BCUT2D eigenvalue weighted by Crippen LogP contribution is -2.37. The molecular formula is C21H28N4O. The van der Waals surface area contributed by atoms with E-state index in [0.29, 0.717) is 0 Å². The van der Waals surface area contributed by atoms with Gasteiger partial charge in [0.1, 0.15) is 12.4 Å². The van der Waals surface area contributed by atoms with E-state index in [1.54, 1.807) is 6.33 Å². The molecule has 0 saturated heterocycles. The van der Waals surface area contributed by atoms with E-state index in [1.807, 2.05) is 19.2 Å². The summed E-state index contributed by atoms with van der Waals surface area (Å²) < 4.78 is 6.36. The molecule has 3 heterocycles. The summed E-state index contributed by atoms with van der Waals surface area (Å²) in [7, 11) is 0. The maximum atomic E-state index is 6.36. The van der Waals surface area contributed by atoms with Gasteiger partial charge >= 0.3 is 0 Å². The van der Waals surface area contributed by atoms with Crippen LogP contribution in [0.25, 0.3) is 0 Å². The van der Waals surface area contributed by atoms with E-state index in [2.05, 4.69) is 32.8 Å². The predicted molar refractivity (Wildman–Crippen MR) is 101 cm³/mol. The standard InChI is InChI=1S/C21H28N4O/c1-3-20(17-8-7-15(2)22-11-17)26-21-18-13-25(12-16-5-4-6-16)10-9-19(18)23-14-24-21/h7-8,11,14,16,20H,3-6,9-10,12-13H2,1-2H3. The smallest absolute Gasteiger partial charge is 0.221 e. The third-order valence-corrected chi connectivity index (χ3v) is 5.71. The number of aryl methyl sites for hydroxylation is 1. The van der Waals surface area contributed by atoms with Crippen LogP contribution in [0.1, 0.15) is 61.2 Å². The Morgan fingerprint density at radius 3 is 2.81 bits per heavy atom. The molecule has 1 aliphatic heterocycles. The van der Waals surface area contributed by atoms with Crippen LogP contribution >= 0.6 is 0 Å². The third kappa shape index (κ3) is 3.73. The lowest BCUT2D eigenvalue weighted by atomic mass is 9.84. The van der Waals surface area contributed by atoms with Gasteiger partial charge in [0.05, 0.1) is 5.69 Å². The van der Waals surface area contributed by atoms with Crippen molar-refractivity contribution < 1.29 is 4.74 Å². The molecule has 4 rings (SSSR count). The molecule has 1 saturated carbocycles. The zero-order valence-electron chi connectivity index (χ0n) is 15.8. The molecule has 2 aliphatic rings. The Morgan fingerprint density at radius 1 is 1.23 bits per heavy atom. The van der Waals surface area contributed by atoms with Crippen molar-refractivity contribution in [2.24, 2.45) is 5.92 Å². The molecule has 1 atom stereocenters. The molecule has 138 valence electrons. The topological polar surface area (TPSA) is 51.1 Å². The normalized spacial score (nSPS) is 18.8. The average molecular weight is 352 g/mol. The molecule has 0 aromatic carbocycles. The highest BCUT2D eigenvalue weighted by Crippen LogP contribution is 2.32. The quantitative estimate of drug-likeness (QED) is 0.790. The van der Waals surface area contributed by atoms with Crippen LogP contribution in [0.2, 0.25) is 0 Å². The number of hydrogen-bond acceptors (Lipinski definition) is 5. The van der Waals surface area contributed by atoms with Gasteiger partial charge in [0.2, 0.25) is 5.88 Å². The summed E-state index contributed by atoms with van der Waals surface area (Å²) in [6, 6.07) is 4.14. The zero-order chi connectivity index (χ0) is 17.9. The molecule has 1 unspecified atom stereocenters. The molecule has 0 spiro atoms. The number of rotatable bonds is 6. The summed E-state index contributed by atoms with van der Waals surface area (Å²) in [5.41, 5.74) is 4.45. The van der Waals surface area contributed by atoms with Gasteiger partial charge in [-0.1, -0.05) is 19.4 Å². The highest BCUT2D eigenvalue weighted by atomic mass is 16.5. The third-order valence-electron chi connectivity index (χ3n) is 5.71. The van der Waals surface area contributed by atoms with Crippen LogP contribution in [0, 0.1) is 12.8 Å². The van der Waals surface area contributed by atoms with Crippen LogP contribution in [-0.4, -0.2) is 32.9 Å². The lowest BCUT2D eigenvalue weighted by molar-refractivity contribution is 0.152. The molecule has 26 heavy (non-hydrogen) atoms. The first kappa shape index (κ1) is 17.4. The zero-order valence-corrected chi connectivity index (χ0v) is 15.8. The molecule has 2 aromatic rings. The van der Waals surface area contributed by atoms with Gasteiger partial charge < -0.3 is 4.74 Å². The molecule has 0 radical (unpaired) electrons. The Labute approximate surface area is 155 Å². The fraction of sp³-hybridized carbons (Fsp3) is 0.571. The van der Waals surface area contributed by atoms with Crippen LogP contribution in [-0.2, 0) is 13.0 Å². The number of fused-ring (bicyclic) bond motifs is 1. The fourth-order valence-corrected chi connectivity index (χ4v) is 3.86. The number of hydrogen-bond donors (Lipinski definition) is 0. The highest BCUT2D eigenvalue weighted by Gasteiger charge is 2.27. The largest absolute Gasteiger partial charge is 0.469 e. The lowest BCUT2D eigenvalue weighted by Gasteiger charge is -2.35. The van der Waals surface area contributed by atoms with E-state index in [4.69, 9.17) is 4.74 Å². The van der Waals surface area contributed by atoms with E-state index in [1.165, 1.54) is 31.4 Å². The van der Waals surface area contributed by atoms with Crippen LogP contribution in [0.4, 0.5) is 0 Å². The van der Waals surface area contributed by atoms with Crippen molar-refractivity contribution in [3.8, 4) is 5.88 Å². The summed E-state index contributed by atoms with van der Waals surface area (Å²) in [4.78, 5) is 16.0. The molecular weight excluding hydrogens is 324 g/mol. The van der Waals surface area contributed by atoms with Crippen LogP contribution in [0.15, 0.2) is 24.7 Å². The molecule has 0 bridgehead atoms. The maximum Gasteiger partial charge on any atom is 0.221 e. The number of nitrogens with zero attached hydrogens (tertiary/aromatic N) is 4. The van der Waals surface area contributed by atoms with Gasteiger partial charge in [0.25, 0.3) is 0 Å². The summed E-state index contributed by atoms with van der Waals surface area (Å²) in [6.07, 6.45) is 9.58. The first-order valence-electron chi connectivity index (χ1n) is 9.87. The first-order chi connectivity index (χ1) is 12.7. The Balaban J connectivity index is 1.52. The predicted octanol–water partition coefficient (Wildman–Crippen LogP) is 3.87. The van der Waals surface area contributed by atoms with Crippen molar-refractivity contribution >= 4 is 0 Å². The minimum absolute atomic E-state index is 0.0240. The highest BCUT2D eigenvalue weighted by molar-refractivity contribution is 5.32. The van der Waals surface area contributed by atoms with Crippen molar-refractivity contribution in [3.63, 3.8) is 0 Å². The van der Waals surface area contributed by atoms with Gasteiger partial charge in [-0.25, -0.2) is 9.97 Å². The Bertz CT molecular complexity index is 742. The summed E-state index contributed by atoms with van der Waals surface area (Å²) in [6.45, 7) is 7.35. The van der Waals surface area contributed by atoms with E-state index in [-0.39, 0.29) is 6.10 Å².